The van der Waals surface area contributed by atoms with Crippen LogP contribution in [0.4, 0.5) is 5.69 Å². The summed E-state index contributed by atoms with van der Waals surface area (Å²) in [5, 5.41) is 6.50. The SMILES string of the molecule is O=C(NCCCNc1ccccc1)C1(c2ccc(Br)cc2)CCC1. The summed E-state index contributed by atoms with van der Waals surface area (Å²) < 4.78 is 1.05. The maximum absolute atomic E-state index is 12.7. The molecule has 1 aliphatic carbocycles. The average Bonchev–Trinajstić information content (AvgIpc) is 2.56. The Labute approximate surface area is 152 Å². The number of nitrogens with one attached hydrogen (secondary N) is 2. The Morgan fingerprint density at radius 2 is 1.71 bits per heavy atom. The molecule has 2 N–H and O–H groups in total. The van der Waals surface area contributed by atoms with Crippen LogP contribution in [0.1, 0.15) is 31.2 Å². The minimum Gasteiger partial charge on any atom is -0.385 e. The van der Waals surface area contributed by atoms with E-state index in [4.69, 9.17) is 0 Å². The second kappa shape index (κ2) is 7.84. The van der Waals surface area contributed by atoms with Crippen LogP contribution in [0, 0.1) is 0 Å². The number of anilines is 1. The molecule has 0 radical (unpaired) electrons. The van der Waals surface area contributed by atoms with Crippen LogP contribution in [0.5, 0.6) is 0 Å². The van der Waals surface area contributed by atoms with Gasteiger partial charge in [0.2, 0.25) is 5.91 Å². The van der Waals surface area contributed by atoms with Gasteiger partial charge in [-0.1, -0.05) is 52.7 Å². The van der Waals surface area contributed by atoms with Crippen molar-refractivity contribution in [3.8, 4) is 0 Å². The van der Waals surface area contributed by atoms with Crippen LogP contribution in [0.15, 0.2) is 59.1 Å². The van der Waals surface area contributed by atoms with E-state index < -0.39 is 0 Å². The van der Waals surface area contributed by atoms with Gasteiger partial charge in [-0.25, -0.2) is 0 Å². The number of halogens is 1. The number of amides is 1. The molecule has 2 aromatic rings. The van der Waals surface area contributed by atoms with E-state index >= 15 is 0 Å². The number of benzene rings is 2. The lowest BCUT2D eigenvalue weighted by atomic mass is 9.64. The Balaban J connectivity index is 1.48. The molecule has 1 fully saturated rings. The quantitative estimate of drug-likeness (QED) is 0.688. The molecule has 1 saturated carbocycles. The molecule has 0 bridgehead atoms. The zero-order valence-corrected chi connectivity index (χ0v) is 15.3. The highest BCUT2D eigenvalue weighted by atomic mass is 79.9. The Morgan fingerprint density at radius 1 is 1.00 bits per heavy atom. The summed E-state index contributed by atoms with van der Waals surface area (Å²) in [6, 6.07) is 18.3. The Kier molecular flexibility index (Phi) is 5.56. The van der Waals surface area contributed by atoms with Crippen molar-refractivity contribution in [1.29, 1.82) is 0 Å². The average molecular weight is 387 g/mol. The molecule has 0 aromatic heterocycles. The molecule has 0 heterocycles. The molecule has 0 saturated heterocycles. The number of hydrogen-bond donors (Lipinski definition) is 2. The molecule has 3 rings (SSSR count). The van der Waals surface area contributed by atoms with Crippen molar-refractivity contribution in [2.75, 3.05) is 18.4 Å². The van der Waals surface area contributed by atoms with Gasteiger partial charge < -0.3 is 10.6 Å². The van der Waals surface area contributed by atoms with Crippen LogP contribution >= 0.6 is 15.9 Å². The second-order valence-corrected chi connectivity index (χ2v) is 7.26. The standard InChI is InChI=1S/C20H23BrN2O/c21-17-10-8-16(9-11-17)20(12-4-13-20)19(24)23-15-5-14-22-18-6-2-1-3-7-18/h1-3,6-11,22H,4-5,12-15H2,(H,23,24). The largest absolute Gasteiger partial charge is 0.385 e. The van der Waals surface area contributed by atoms with Crippen molar-refractivity contribution in [2.45, 2.75) is 31.1 Å². The third kappa shape index (κ3) is 3.81. The van der Waals surface area contributed by atoms with Crippen LogP contribution in [0.2, 0.25) is 0 Å². The highest BCUT2D eigenvalue weighted by molar-refractivity contribution is 9.10. The fourth-order valence-electron chi connectivity index (χ4n) is 3.19. The van der Waals surface area contributed by atoms with E-state index in [1.54, 1.807) is 0 Å². The van der Waals surface area contributed by atoms with Gasteiger partial charge in [0.1, 0.15) is 0 Å². The maximum Gasteiger partial charge on any atom is 0.230 e. The lowest BCUT2D eigenvalue weighted by molar-refractivity contribution is -0.129. The van der Waals surface area contributed by atoms with E-state index in [-0.39, 0.29) is 11.3 Å². The molecule has 0 aliphatic heterocycles. The van der Waals surface area contributed by atoms with Gasteiger partial charge in [-0.05, 0) is 49.1 Å². The summed E-state index contributed by atoms with van der Waals surface area (Å²) in [5.41, 5.74) is 1.94. The molecule has 0 spiro atoms. The van der Waals surface area contributed by atoms with Gasteiger partial charge in [-0.15, -0.1) is 0 Å². The minimum absolute atomic E-state index is 0.177. The first-order chi connectivity index (χ1) is 11.7. The molecule has 1 aliphatic rings. The monoisotopic (exact) mass is 386 g/mol. The molecule has 0 unspecified atom stereocenters. The predicted molar refractivity (Wildman–Crippen MR) is 102 cm³/mol. The molecule has 3 nitrogen and oxygen atoms in total. The fourth-order valence-corrected chi connectivity index (χ4v) is 3.46. The lowest BCUT2D eigenvalue weighted by Crippen LogP contribution is -2.49. The summed E-state index contributed by atoms with van der Waals surface area (Å²) in [5.74, 6) is 0.177. The van der Waals surface area contributed by atoms with Gasteiger partial charge in [-0.2, -0.15) is 0 Å². The topological polar surface area (TPSA) is 41.1 Å². The number of para-hydroxylation sites is 1. The van der Waals surface area contributed by atoms with Crippen molar-refractivity contribution in [3.63, 3.8) is 0 Å². The summed E-state index contributed by atoms with van der Waals surface area (Å²) in [6.45, 7) is 1.56. The molecule has 2 aromatic carbocycles. The molecule has 24 heavy (non-hydrogen) atoms. The number of rotatable bonds is 7. The molecule has 126 valence electrons. The van der Waals surface area contributed by atoms with E-state index in [1.165, 1.54) is 0 Å². The van der Waals surface area contributed by atoms with Crippen LogP contribution in [0.3, 0.4) is 0 Å². The summed E-state index contributed by atoms with van der Waals surface area (Å²) in [7, 11) is 0. The van der Waals surface area contributed by atoms with Crippen molar-refractivity contribution >= 4 is 27.5 Å². The molecule has 4 heteroatoms. The summed E-state index contributed by atoms with van der Waals surface area (Å²) in [4.78, 5) is 12.7. The van der Waals surface area contributed by atoms with Crippen molar-refractivity contribution in [2.24, 2.45) is 0 Å². The number of carbonyl (C=O) groups excluding carboxylic acids is 1. The van der Waals surface area contributed by atoms with Gasteiger partial charge in [-0.3, -0.25) is 4.79 Å². The minimum atomic E-state index is -0.312. The summed E-state index contributed by atoms with van der Waals surface area (Å²) in [6.07, 6.45) is 3.93. The normalized spacial score (nSPS) is 15.4. The van der Waals surface area contributed by atoms with Gasteiger partial charge >= 0.3 is 0 Å². The number of carbonyl (C=O) groups is 1. The Bertz CT molecular complexity index is 666. The van der Waals surface area contributed by atoms with Crippen LogP contribution in [-0.4, -0.2) is 19.0 Å². The highest BCUT2D eigenvalue weighted by Crippen LogP contribution is 2.44. The van der Waals surface area contributed by atoms with Crippen molar-refractivity contribution in [3.05, 3.63) is 64.6 Å². The van der Waals surface area contributed by atoms with Gasteiger partial charge in [0.25, 0.3) is 0 Å². The van der Waals surface area contributed by atoms with Crippen LogP contribution < -0.4 is 10.6 Å². The third-order valence-electron chi connectivity index (χ3n) is 4.78. The van der Waals surface area contributed by atoms with Crippen molar-refractivity contribution in [1.82, 2.24) is 5.32 Å². The molecule has 0 atom stereocenters. The zero-order chi connectivity index (χ0) is 16.8. The smallest absolute Gasteiger partial charge is 0.230 e. The van der Waals surface area contributed by atoms with Gasteiger partial charge in [0.05, 0.1) is 5.41 Å². The highest BCUT2D eigenvalue weighted by Gasteiger charge is 2.45. The lowest BCUT2D eigenvalue weighted by Gasteiger charge is -2.40. The molecular formula is C20H23BrN2O. The van der Waals surface area contributed by atoms with E-state index in [0.717, 1.165) is 48.0 Å². The van der Waals surface area contributed by atoms with Crippen molar-refractivity contribution < 1.29 is 4.79 Å². The van der Waals surface area contributed by atoms with E-state index in [1.807, 2.05) is 30.3 Å². The Morgan fingerprint density at radius 3 is 2.33 bits per heavy atom. The zero-order valence-electron chi connectivity index (χ0n) is 13.7. The predicted octanol–water partition coefficient (Wildman–Crippen LogP) is 4.49. The van der Waals surface area contributed by atoms with E-state index in [9.17, 15) is 4.79 Å². The molecular weight excluding hydrogens is 364 g/mol. The maximum atomic E-state index is 12.7. The van der Waals surface area contributed by atoms with Gasteiger partial charge in [0.15, 0.2) is 0 Å². The fraction of sp³-hybridized carbons (Fsp3) is 0.350. The van der Waals surface area contributed by atoms with E-state index in [2.05, 4.69) is 50.8 Å². The second-order valence-electron chi connectivity index (χ2n) is 6.34. The molecule has 1 amide bonds. The van der Waals surface area contributed by atoms with Gasteiger partial charge in [0, 0.05) is 23.2 Å². The van der Waals surface area contributed by atoms with Crippen LogP contribution in [-0.2, 0) is 10.2 Å². The van der Waals surface area contributed by atoms with E-state index in [0.29, 0.717) is 6.54 Å². The third-order valence-corrected chi connectivity index (χ3v) is 5.31. The first-order valence-corrected chi connectivity index (χ1v) is 9.33. The summed E-state index contributed by atoms with van der Waals surface area (Å²) >= 11 is 3.46. The first-order valence-electron chi connectivity index (χ1n) is 8.54. The first kappa shape index (κ1) is 17.0. The number of hydrogen-bond acceptors (Lipinski definition) is 2. The Hall–Kier alpha value is -1.81. The van der Waals surface area contributed by atoms with Crippen LogP contribution in [0.25, 0.3) is 0 Å².